The van der Waals surface area contributed by atoms with Crippen LogP contribution >= 0.6 is 0 Å². The second-order valence-corrected chi connectivity index (χ2v) is 5.09. The van der Waals surface area contributed by atoms with Crippen LogP contribution in [0.25, 0.3) is 11.3 Å². The molecule has 1 aromatic carbocycles. The third kappa shape index (κ3) is 3.23. The molecule has 0 bridgehead atoms. The minimum atomic E-state index is -1.26. The largest absolute Gasteiger partial charge is 0.477 e. The number of hydrogen-bond acceptors (Lipinski definition) is 4. The Labute approximate surface area is 128 Å². The molecule has 22 heavy (non-hydrogen) atoms. The van der Waals surface area contributed by atoms with Crippen LogP contribution < -0.4 is 5.56 Å². The van der Waals surface area contributed by atoms with E-state index in [1.165, 1.54) is 13.2 Å². The van der Waals surface area contributed by atoms with Gasteiger partial charge in [0.2, 0.25) is 0 Å². The van der Waals surface area contributed by atoms with E-state index in [0.717, 1.165) is 21.4 Å². The van der Waals surface area contributed by atoms with Crippen molar-refractivity contribution in [1.29, 1.82) is 0 Å². The Kier molecular flexibility index (Phi) is 4.72. The molecule has 0 aliphatic rings. The number of methoxy groups -OCH3 is 1. The third-order valence-corrected chi connectivity index (χ3v) is 3.37. The average Bonchev–Trinajstić information content (AvgIpc) is 2.46. The van der Waals surface area contributed by atoms with Gasteiger partial charge in [-0.25, -0.2) is 9.48 Å². The van der Waals surface area contributed by atoms with E-state index in [9.17, 15) is 14.7 Å². The molecule has 0 radical (unpaired) electrons. The summed E-state index contributed by atoms with van der Waals surface area (Å²) < 4.78 is 6.08. The standard InChI is InChI=1S/C16H18N2O4/c1-10-4-5-12(11(2)8-10)14-9-13(16(20)21)15(19)18(17-14)6-7-22-3/h4-5,8-9H,6-7H2,1-3H3,(H,20,21). The molecular weight excluding hydrogens is 284 g/mol. The summed E-state index contributed by atoms with van der Waals surface area (Å²) in [6.07, 6.45) is 0. The van der Waals surface area contributed by atoms with Crippen LogP contribution in [-0.2, 0) is 11.3 Å². The van der Waals surface area contributed by atoms with Crippen molar-refractivity contribution < 1.29 is 14.6 Å². The maximum Gasteiger partial charge on any atom is 0.341 e. The normalized spacial score (nSPS) is 10.7. The van der Waals surface area contributed by atoms with Gasteiger partial charge in [0, 0.05) is 12.7 Å². The van der Waals surface area contributed by atoms with Crippen molar-refractivity contribution in [3.63, 3.8) is 0 Å². The highest BCUT2D eigenvalue weighted by atomic mass is 16.5. The van der Waals surface area contributed by atoms with Crippen LogP contribution in [0, 0.1) is 13.8 Å². The molecule has 0 saturated carbocycles. The zero-order valence-corrected chi connectivity index (χ0v) is 12.8. The summed E-state index contributed by atoms with van der Waals surface area (Å²) in [4.78, 5) is 23.4. The number of hydrogen-bond donors (Lipinski definition) is 1. The predicted molar refractivity (Wildman–Crippen MR) is 82.2 cm³/mol. The Bertz CT molecular complexity index is 765. The highest BCUT2D eigenvalue weighted by Crippen LogP contribution is 2.22. The minimum Gasteiger partial charge on any atom is -0.477 e. The van der Waals surface area contributed by atoms with E-state index in [1.54, 1.807) is 0 Å². The third-order valence-electron chi connectivity index (χ3n) is 3.37. The van der Waals surface area contributed by atoms with Crippen LogP contribution in [0.15, 0.2) is 29.1 Å². The Hall–Kier alpha value is -2.47. The number of carboxylic acids is 1. The van der Waals surface area contributed by atoms with Crippen LogP contribution in [0.2, 0.25) is 0 Å². The molecule has 0 aliphatic carbocycles. The Morgan fingerprint density at radius 2 is 2.05 bits per heavy atom. The molecule has 6 heteroatoms. The van der Waals surface area contributed by atoms with Crippen molar-refractivity contribution in [2.75, 3.05) is 13.7 Å². The molecular formula is C16H18N2O4. The van der Waals surface area contributed by atoms with Gasteiger partial charge in [-0.1, -0.05) is 23.8 Å². The zero-order valence-electron chi connectivity index (χ0n) is 12.8. The van der Waals surface area contributed by atoms with Crippen molar-refractivity contribution in [3.05, 3.63) is 51.3 Å². The molecule has 1 heterocycles. The van der Waals surface area contributed by atoms with Gasteiger partial charge in [0.05, 0.1) is 18.8 Å². The van der Waals surface area contributed by atoms with E-state index in [4.69, 9.17) is 4.74 Å². The summed E-state index contributed by atoms with van der Waals surface area (Å²) in [6.45, 7) is 4.39. The van der Waals surface area contributed by atoms with Crippen molar-refractivity contribution in [1.82, 2.24) is 9.78 Å². The smallest absolute Gasteiger partial charge is 0.341 e. The molecule has 0 unspecified atom stereocenters. The molecule has 6 nitrogen and oxygen atoms in total. The lowest BCUT2D eigenvalue weighted by atomic mass is 10.0. The fourth-order valence-corrected chi connectivity index (χ4v) is 2.26. The van der Waals surface area contributed by atoms with Gasteiger partial charge in [-0.05, 0) is 25.5 Å². The summed E-state index contributed by atoms with van der Waals surface area (Å²) in [6, 6.07) is 7.12. The van der Waals surface area contributed by atoms with Gasteiger partial charge < -0.3 is 9.84 Å². The molecule has 0 spiro atoms. The van der Waals surface area contributed by atoms with Crippen LogP contribution in [0.1, 0.15) is 21.5 Å². The van der Waals surface area contributed by atoms with E-state index in [1.807, 2.05) is 32.0 Å². The van der Waals surface area contributed by atoms with Gasteiger partial charge in [0.15, 0.2) is 0 Å². The SMILES string of the molecule is COCCn1nc(-c2ccc(C)cc2C)cc(C(=O)O)c1=O. The monoisotopic (exact) mass is 302 g/mol. The molecule has 0 atom stereocenters. The van der Waals surface area contributed by atoms with Gasteiger partial charge in [0.1, 0.15) is 5.56 Å². The van der Waals surface area contributed by atoms with Gasteiger partial charge in [-0.3, -0.25) is 4.79 Å². The van der Waals surface area contributed by atoms with E-state index >= 15 is 0 Å². The predicted octanol–water partition coefficient (Wildman–Crippen LogP) is 1.87. The summed E-state index contributed by atoms with van der Waals surface area (Å²) >= 11 is 0. The number of carboxylic acid groups (broad SMARTS) is 1. The molecule has 1 aromatic heterocycles. The average molecular weight is 302 g/mol. The summed E-state index contributed by atoms with van der Waals surface area (Å²) in [5, 5.41) is 13.5. The first-order valence-corrected chi connectivity index (χ1v) is 6.86. The number of nitrogens with zero attached hydrogens (tertiary/aromatic N) is 2. The topological polar surface area (TPSA) is 81.4 Å². The van der Waals surface area contributed by atoms with E-state index < -0.39 is 11.5 Å². The quantitative estimate of drug-likeness (QED) is 0.912. The van der Waals surface area contributed by atoms with E-state index in [2.05, 4.69) is 5.10 Å². The molecule has 2 rings (SSSR count). The van der Waals surface area contributed by atoms with Gasteiger partial charge in [-0.15, -0.1) is 0 Å². The van der Waals surface area contributed by atoms with Gasteiger partial charge in [0.25, 0.3) is 5.56 Å². The van der Waals surface area contributed by atoms with Crippen LogP contribution in [0.3, 0.4) is 0 Å². The van der Waals surface area contributed by atoms with E-state index in [0.29, 0.717) is 5.69 Å². The van der Waals surface area contributed by atoms with Crippen LogP contribution in [-0.4, -0.2) is 34.6 Å². The van der Waals surface area contributed by atoms with Crippen molar-refractivity contribution in [2.45, 2.75) is 20.4 Å². The first kappa shape index (κ1) is 15.9. The molecule has 1 N–H and O–H groups in total. The Morgan fingerprint density at radius 3 is 2.64 bits per heavy atom. The lowest BCUT2D eigenvalue weighted by molar-refractivity contribution is 0.0693. The van der Waals surface area contributed by atoms with Crippen LogP contribution in [0.4, 0.5) is 0 Å². The molecule has 2 aromatic rings. The molecule has 0 aliphatic heterocycles. The van der Waals surface area contributed by atoms with Crippen LogP contribution in [0.5, 0.6) is 0 Å². The van der Waals surface area contributed by atoms with Gasteiger partial charge in [-0.2, -0.15) is 5.10 Å². The number of ether oxygens (including phenoxy) is 1. The Morgan fingerprint density at radius 1 is 1.32 bits per heavy atom. The lowest BCUT2D eigenvalue weighted by Crippen LogP contribution is -2.30. The fraction of sp³-hybridized carbons (Fsp3) is 0.312. The lowest BCUT2D eigenvalue weighted by Gasteiger charge is -2.11. The van der Waals surface area contributed by atoms with Crippen molar-refractivity contribution in [3.8, 4) is 11.3 Å². The van der Waals surface area contributed by atoms with Gasteiger partial charge >= 0.3 is 5.97 Å². The molecule has 0 saturated heterocycles. The maximum atomic E-state index is 12.1. The zero-order chi connectivity index (χ0) is 16.3. The maximum absolute atomic E-state index is 12.1. The number of carbonyl (C=O) groups is 1. The Balaban J connectivity index is 2.62. The molecule has 116 valence electrons. The number of aromatic carboxylic acids is 1. The van der Waals surface area contributed by atoms with E-state index in [-0.39, 0.29) is 18.7 Å². The fourth-order valence-electron chi connectivity index (χ4n) is 2.26. The second kappa shape index (κ2) is 6.53. The summed E-state index contributed by atoms with van der Waals surface area (Å²) in [7, 11) is 1.51. The highest BCUT2D eigenvalue weighted by molar-refractivity contribution is 5.88. The number of aryl methyl sites for hydroxylation is 2. The van der Waals surface area contributed by atoms with Crippen molar-refractivity contribution >= 4 is 5.97 Å². The second-order valence-electron chi connectivity index (χ2n) is 5.09. The minimum absolute atomic E-state index is 0.203. The first-order valence-electron chi connectivity index (χ1n) is 6.86. The summed E-state index contributed by atoms with van der Waals surface area (Å²) in [5.41, 5.74) is 2.43. The molecule has 0 amide bonds. The number of rotatable bonds is 5. The first-order chi connectivity index (χ1) is 10.4. The van der Waals surface area contributed by atoms with Crippen molar-refractivity contribution in [2.24, 2.45) is 0 Å². The highest BCUT2D eigenvalue weighted by Gasteiger charge is 2.16. The summed E-state index contributed by atoms with van der Waals surface area (Å²) in [5.74, 6) is -1.26. The number of aromatic nitrogens is 2. The molecule has 0 fully saturated rings. The number of benzene rings is 1.